The Morgan fingerprint density at radius 2 is 1.82 bits per heavy atom. The molecule has 22 heavy (non-hydrogen) atoms. The van der Waals surface area contributed by atoms with E-state index in [1.54, 1.807) is 0 Å². The van der Waals surface area contributed by atoms with Gasteiger partial charge in [0.2, 0.25) is 0 Å². The van der Waals surface area contributed by atoms with E-state index in [0.29, 0.717) is 0 Å². The van der Waals surface area contributed by atoms with E-state index in [1.807, 2.05) is 13.8 Å². The molecule has 128 valence electrons. The Kier molecular flexibility index (Phi) is 4.73. The third-order valence-corrected chi connectivity index (χ3v) is 6.80. The molecule has 0 saturated heterocycles. The van der Waals surface area contributed by atoms with Crippen LogP contribution in [-0.2, 0) is 9.53 Å². The SMILES string of the molecule is CCC(C)(C)C(=O)OC1(C)CCC2C(C)CCC2C(C)(C)C1. The topological polar surface area (TPSA) is 26.3 Å². The number of fused-ring (bicyclic) bond motifs is 1. The van der Waals surface area contributed by atoms with Crippen molar-refractivity contribution in [2.24, 2.45) is 28.6 Å². The molecule has 0 N–H and O–H groups in total. The van der Waals surface area contributed by atoms with Crippen molar-refractivity contribution in [3.8, 4) is 0 Å². The average Bonchev–Trinajstić information content (AvgIpc) is 2.73. The van der Waals surface area contributed by atoms with Crippen molar-refractivity contribution in [2.45, 2.75) is 92.6 Å². The minimum atomic E-state index is -0.372. The van der Waals surface area contributed by atoms with Gasteiger partial charge in [0.25, 0.3) is 0 Å². The second kappa shape index (κ2) is 5.83. The molecule has 2 aliphatic rings. The van der Waals surface area contributed by atoms with Gasteiger partial charge in [-0.25, -0.2) is 0 Å². The van der Waals surface area contributed by atoms with E-state index >= 15 is 0 Å². The van der Waals surface area contributed by atoms with Crippen molar-refractivity contribution < 1.29 is 9.53 Å². The fourth-order valence-electron chi connectivity index (χ4n) is 4.97. The normalized spacial score (nSPS) is 38.2. The number of esters is 1. The van der Waals surface area contributed by atoms with E-state index in [1.165, 1.54) is 19.3 Å². The van der Waals surface area contributed by atoms with Gasteiger partial charge >= 0.3 is 5.97 Å². The third-order valence-electron chi connectivity index (χ3n) is 6.80. The highest BCUT2D eigenvalue weighted by Gasteiger charge is 2.50. The maximum atomic E-state index is 12.6. The zero-order valence-electron chi connectivity index (χ0n) is 15.8. The molecule has 2 nitrogen and oxygen atoms in total. The van der Waals surface area contributed by atoms with Crippen LogP contribution in [-0.4, -0.2) is 11.6 Å². The number of carbonyl (C=O) groups is 1. The van der Waals surface area contributed by atoms with E-state index in [-0.39, 0.29) is 22.4 Å². The molecule has 0 bridgehead atoms. The molecule has 0 heterocycles. The summed E-state index contributed by atoms with van der Waals surface area (Å²) in [6.07, 6.45) is 6.79. The quantitative estimate of drug-likeness (QED) is 0.635. The molecular formula is C20H36O2. The van der Waals surface area contributed by atoms with Gasteiger partial charge in [-0.2, -0.15) is 0 Å². The predicted octanol–water partition coefficient (Wildman–Crippen LogP) is 5.60. The summed E-state index contributed by atoms with van der Waals surface area (Å²) in [6, 6.07) is 0. The fraction of sp³-hybridized carbons (Fsp3) is 0.950. The highest BCUT2D eigenvalue weighted by molar-refractivity contribution is 5.76. The summed E-state index contributed by atoms with van der Waals surface area (Å²) >= 11 is 0. The van der Waals surface area contributed by atoms with E-state index in [9.17, 15) is 4.79 Å². The van der Waals surface area contributed by atoms with Crippen LogP contribution < -0.4 is 0 Å². The highest BCUT2D eigenvalue weighted by Crippen LogP contribution is 2.55. The number of hydrogen-bond donors (Lipinski definition) is 0. The molecule has 0 radical (unpaired) electrons. The molecule has 0 spiro atoms. The van der Waals surface area contributed by atoms with Crippen molar-refractivity contribution in [3.05, 3.63) is 0 Å². The summed E-state index contributed by atoms with van der Waals surface area (Å²) < 4.78 is 6.11. The van der Waals surface area contributed by atoms with Crippen molar-refractivity contribution in [1.82, 2.24) is 0 Å². The van der Waals surface area contributed by atoms with Crippen LogP contribution in [0.25, 0.3) is 0 Å². The molecule has 4 unspecified atom stereocenters. The molecule has 2 rings (SSSR count). The molecule has 0 amide bonds. The van der Waals surface area contributed by atoms with Gasteiger partial charge in [-0.1, -0.05) is 34.1 Å². The van der Waals surface area contributed by atoms with Crippen LogP contribution in [0.15, 0.2) is 0 Å². The van der Waals surface area contributed by atoms with Crippen LogP contribution in [0.2, 0.25) is 0 Å². The van der Waals surface area contributed by atoms with Crippen LogP contribution in [0, 0.1) is 28.6 Å². The third kappa shape index (κ3) is 3.36. The number of carbonyl (C=O) groups excluding carboxylic acids is 1. The van der Waals surface area contributed by atoms with E-state index in [2.05, 4.69) is 34.6 Å². The molecule has 2 heteroatoms. The first-order valence-electron chi connectivity index (χ1n) is 9.24. The number of ether oxygens (including phenoxy) is 1. The van der Waals surface area contributed by atoms with Gasteiger partial charge < -0.3 is 4.74 Å². The number of rotatable bonds is 3. The van der Waals surface area contributed by atoms with Crippen molar-refractivity contribution in [2.75, 3.05) is 0 Å². The molecule has 2 aliphatic carbocycles. The Morgan fingerprint density at radius 3 is 2.41 bits per heavy atom. The summed E-state index contributed by atoms with van der Waals surface area (Å²) in [6.45, 7) is 15.4. The minimum absolute atomic E-state index is 0.0200. The molecule has 0 aromatic rings. The molecule has 2 fully saturated rings. The Balaban J connectivity index is 2.17. The van der Waals surface area contributed by atoms with E-state index in [4.69, 9.17) is 4.74 Å². The Labute approximate surface area is 137 Å². The Hall–Kier alpha value is -0.530. The highest BCUT2D eigenvalue weighted by atomic mass is 16.6. The smallest absolute Gasteiger partial charge is 0.312 e. The molecule has 0 aromatic heterocycles. The van der Waals surface area contributed by atoms with Crippen molar-refractivity contribution >= 4 is 5.97 Å². The molecular weight excluding hydrogens is 272 g/mol. The maximum Gasteiger partial charge on any atom is 0.312 e. The van der Waals surface area contributed by atoms with Crippen LogP contribution in [0.3, 0.4) is 0 Å². The van der Waals surface area contributed by atoms with E-state index < -0.39 is 0 Å². The van der Waals surface area contributed by atoms with E-state index in [0.717, 1.165) is 37.0 Å². The maximum absolute atomic E-state index is 12.6. The van der Waals surface area contributed by atoms with Gasteiger partial charge in [-0.3, -0.25) is 4.79 Å². The van der Waals surface area contributed by atoms with Crippen LogP contribution in [0.4, 0.5) is 0 Å². The first-order valence-corrected chi connectivity index (χ1v) is 9.24. The molecule has 0 aliphatic heterocycles. The average molecular weight is 309 g/mol. The zero-order valence-corrected chi connectivity index (χ0v) is 15.8. The lowest BCUT2D eigenvalue weighted by atomic mass is 9.69. The van der Waals surface area contributed by atoms with Crippen molar-refractivity contribution in [1.29, 1.82) is 0 Å². The van der Waals surface area contributed by atoms with Gasteiger partial charge in [0.1, 0.15) is 5.60 Å². The summed E-state index contributed by atoms with van der Waals surface area (Å²) in [7, 11) is 0. The fourth-order valence-corrected chi connectivity index (χ4v) is 4.97. The predicted molar refractivity (Wildman–Crippen MR) is 91.6 cm³/mol. The lowest BCUT2D eigenvalue weighted by Gasteiger charge is -2.40. The summed E-state index contributed by atoms with van der Waals surface area (Å²) in [5, 5.41) is 0. The lowest BCUT2D eigenvalue weighted by Crippen LogP contribution is -2.40. The Morgan fingerprint density at radius 1 is 1.18 bits per heavy atom. The second-order valence-corrected chi connectivity index (χ2v) is 9.61. The van der Waals surface area contributed by atoms with Gasteiger partial charge in [-0.15, -0.1) is 0 Å². The minimum Gasteiger partial charge on any atom is -0.459 e. The first-order chi connectivity index (χ1) is 10.0. The van der Waals surface area contributed by atoms with Gasteiger partial charge in [0.05, 0.1) is 5.41 Å². The van der Waals surface area contributed by atoms with Crippen LogP contribution in [0.5, 0.6) is 0 Å². The van der Waals surface area contributed by atoms with Crippen LogP contribution >= 0.6 is 0 Å². The van der Waals surface area contributed by atoms with Gasteiger partial charge in [0, 0.05) is 0 Å². The zero-order chi connectivity index (χ0) is 16.8. The van der Waals surface area contributed by atoms with Crippen molar-refractivity contribution in [3.63, 3.8) is 0 Å². The molecule has 2 saturated carbocycles. The molecule has 0 aromatic carbocycles. The first kappa shape index (κ1) is 17.8. The summed E-state index contributed by atoms with van der Waals surface area (Å²) in [5.41, 5.74) is -0.406. The van der Waals surface area contributed by atoms with Crippen LogP contribution in [0.1, 0.15) is 87.0 Å². The lowest BCUT2D eigenvalue weighted by molar-refractivity contribution is -0.172. The van der Waals surface area contributed by atoms with Gasteiger partial charge in [-0.05, 0) is 76.0 Å². The molecule has 4 atom stereocenters. The largest absolute Gasteiger partial charge is 0.459 e. The number of hydrogen-bond acceptors (Lipinski definition) is 2. The Bertz CT molecular complexity index is 423. The second-order valence-electron chi connectivity index (χ2n) is 9.61. The standard InChI is InChI=1S/C20H36O2/c1-8-18(3,4)17(21)22-20(7)12-11-15-14(2)9-10-16(15)19(5,6)13-20/h14-16H,8-13H2,1-7H3. The monoisotopic (exact) mass is 308 g/mol. The van der Waals surface area contributed by atoms with Gasteiger partial charge in [0.15, 0.2) is 0 Å². The summed E-state index contributed by atoms with van der Waals surface area (Å²) in [5.74, 6) is 2.42. The summed E-state index contributed by atoms with van der Waals surface area (Å²) in [4.78, 5) is 12.6.